The van der Waals surface area contributed by atoms with Gasteiger partial charge in [0.1, 0.15) is 0 Å². The van der Waals surface area contributed by atoms with Crippen molar-refractivity contribution in [2.75, 3.05) is 12.3 Å². The fraction of sp³-hybridized carbons (Fsp3) is 1.00. The lowest BCUT2D eigenvalue weighted by Crippen LogP contribution is -2.12. The molecule has 4 atom stereocenters. The second kappa shape index (κ2) is 8.48. The highest BCUT2D eigenvalue weighted by atomic mass is 31.1. The second-order valence-electron chi connectivity index (χ2n) is 6.88. The van der Waals surface area contributed by atoms with Crippen molar-refractivity contribution in [3.05, 3.63) is 0 Å². The van der Waals surface area contributed by atoms with E-state index in [1.165, 1.54) is 25.7 Å². The SMILES string of the molecule is CCC1CCC(CC)P1CCP1C(CC)CCC1CC. The first-order valence-corrected chi connectivity index (χ1v) is 12.6. The van der Waals surface area contributed by atoms with Crippen LogP contribution in [0, 0.1) is 0 Å². The van der Waals surface area contributed by atoms with E-state index in [9.17, 15) is 0 Å². The molecule has 2 heteroatoms. The Labute approximate surface area is 130 Å². The fourth-order valence-electron chi connectivity index (χ4n) is 4.74. The van der Waals surface area contributed by atoms with Crippen LogP contribution in [0.5, 0.6) is 0 Å². The van der Waals surface area contributed by atoms with Crippen LogP contribution < -0.4 is 0 Å². The Kier molecular flexibility index (Phi) is 7.30. The van der Waals surface area contributed by atoms with Crippen molar-refractivity contribution < 1.29 is 0 Å². The lowest BCUT2D eigenvalue weighted by molar-refractivity contribution is 0.696. The van der Waals surface area contributed by atoms with Gasteiger partial charge in [0.2, 0.25) is 0 Å². The smallest absolute Gasteiger partial charge is 0.0209 e. The number of hydrogen-bond donors (Lipinski definition) is 0. The minimum atomic E-state index is 0.380. The maximum atomic E-state index is 2.45. The molecule has 0 amide bonds. The van der Waals surface area contributed by atoms with Gasteiger partial charge in [-0.3, -0.25) is 0 Å². The molecular formula is C18H36P2. The summed E-state index contributed by atoms with van der Waals surface area (Å²) in [5.74, 6) is 0. The number of rotatable bonds is 7. The molecule has 0 saturated carbocycles. The summed E-state index contributed by atoms with van der Waals surface area (Å²) in [6.45, 7) is 9.79. The third kappa shape index (κ3) is 3.79. The van der Waals surface area contributed by atoms with Crippen LogP contribution in [0.4, 0.5) is 0 Å². The normalized spacial score (nSPS) is 41.4. The highest BCUT2D eigenvalue weighted by Gasteiger charge is 2.37. The standard InChI is InChI=1S/C18H36P2/c1-5-15-9-10-16(6-2)19(15)13-14-20-17(7-3)11-12-18(20)8-4/h15-18H,5-14H2,1-4H3. The van der Waals surface area contributed by atoms with E-state index in [0.717, 1.165) is 22.6 Å². The van der Waals surface area contributed by atoms with E-state index < -0.39 is 0 Å². The van der Waals surface area contributed by atoms with Crippen LogP contribution >= 0.6 is 15.8 Å². The largest absolute Gasteiger partial charge is 0.100 e. The molecule has 0 nitrogen and oxygen atoms in total. The molecule has 0 bridgehead atoms. The monoisotopic (exact) mass is 314 g/mol. The van der Waals surface area contributed by atoms with Crippen molar-refractivity contribution in [1.82, 2.24) is 0 Å². The second-order valence-corrected chi connectivity index (χ2v) is 12.8. The highest BCUT2D eigenvalue weighted by molar-refractivity contribution is 7.63. The van der Waals surface area contributed by atoms with Gasteiger partial charge in [-0.15, -0.1) is 15.8 Å². The average molecular weight is 314 g/mol. The predicted molar refractivity (Wildman–Crippen MR) is 98.4 cm³/mol. The summed E-state index contributed by atoms with van der Waals surface area (Å²) in [5.41, 5.74) is 4.53. The first-order chi connectivity index (χ1) is 9.74. The van der Waals surface area contributed by atoms with Crippen LogP contribution in [0.1, 0.15) is 79.1 Å². The van der Waals surface area contributed by atoms with E-state index in [1.54, 1.807) is 38.0 Å². The molecule has 2 saturated heterocycles. The van der Waals surface area contributed by atoms with Crippen LogP contribution in [0.3, 0.4) is 0 Å². The third-order valence-corrected chi connectivity index (χ3v) is 14.1. The Hall–Kier alpha value is 0.860. The van der Waals surface area contributed by atoms with Crippen molar-refractivity contribution in [3.63, 3.8) is 0 Å². The molecule has 2 rings (SSSR count). The van der Waals surface area contributed by atoms with Gasteiger partial charge in [0, 0.05) is 0 Å². The quantitative estimate of drug-likeness (QED) is 0.461. The van der Waals surface area contributed by atoms with E-state index in [2.05, 4.69) is 27.7 Å². The molecular weight excluding hydrogens is 278 g/mol. The van der Waals surface area contributed by atoms with Crippen molar-refractivity contribution in [2.24, 2.45) is 0 Å². The van der Waals surface area contributed by atoms with Gasteiger partial charge in [0.25, 0.3) is 0 Å². The Morgan fingerprint density at radius 2 is 0.800 bits per heavy atom. The van der Waals surface area contributed by atoms with Crippen molar-refractivity contribution in [3.8, 4) is 0 Å². The fourth-order valence-corrected chi connectivity index (χ4v) is 13.0. The van der Waals surface area contributed by atoms with Crippen molar-refractivity contribution >= 4 is 15.8 Å². The summed E-state index contributed by atoms with van der Waals surface area (Å²) < 4.78 is 0. The molecule has 0 aromatic rings. The molecule has 0 N–H and O–H groups in total. The molecule has 20 heavy (non-hydrogen) atoms. The summed E-state index contributed by atoms with van der Waals surface area (Å²) in [7, 11) is 0.759. The van der Waals surface area contributed by atoms with Gasteiger partial charge in [-0.2, -0.15) is 0 Å². The van der Waals surface area contributed by atoms with Crippen LogP contribution in [0.2, 0.25) is 0 Å². The molecule has 2 fully saturated rings. The third-order valence-electron chi connectivity index (χ3n) is 6.04. The molecule has 0 aliphatic carbocycles. The van der Waals surface area contributed by atoms with Crippen molar-refractivity contribution in [2.45, 2.75) is 102 Å². The molecule has 0 spiro atoms. The summed E-state index contributed by atoms with van der Waals surface area (Å²) in [5, 5.41) is 0. The lowest BCUT2D eigenvalue weighted by atomic mass is 10.1. The summed E-state index contributed by atoms with van der Waals surface area (Å²) >= 11 is 0. The first kappa shape index (κ1) is 17.2. The van der Waals surface area contributed by atoms with Gasteiger partial charge in [0.15, 0.2) is 0 Å². The zero-order chi connectivity index (χ0) is 14.5. The van der Waals surface area contributed by atoms with Crippen molar-refractivity contribution in [1.29, 1.82) is 0 Å². The predicted octanol–water partition coefficient (Wildman–Crippen LogP) is 6.65. The molecule has 2 heterocycles. The Bertz CT molecular complexity index is 227. The summed E-state index contributed by atoms with van der Waals surface area (Å²) in [6, 6.07) is 0. The zero-order valence-corrected chi connectivity index (χ0v) is 16.1. The van der Waals surface area contributed by atoms with Crippen LogP contribution in [0.25, 0.3) is 0 Å². The van der Waals surface area contributed by atoms with E-state index >= 15 is 0 Å². The molecule has 0 radical (unpaired) electrons. The topological polar surface area (TPSA) is 0 Å². The molecule has 118 valence electrons. The summed E-state index contributed by atoms with van der Waals surface area (Å²) in [6.07, 6.45) is 15.4. The highest BCUT2D eigenvalue weighted by Crippen LogP contribution is 2.63. The molecule has 0 aromatic carbocycles. The van der Waals surface area contributed by atoms with E-state index in [0.29, 0.717) is 15.8 Å². The minimum Gasteiger partial charge on any atom is -0.100 e. The van der Waals surface area contributed by atoms with E-state index in [-0.39, 0.29) is 0 Å². The van der Waals surface area contributed by atoms with E-state index in [1.807, 2.05) is 0 Å². The van der Waals surface area contributed by atoms with Crippen LogP contribution in [0.15, 0.2) is 0 Å². The molecule has 2 aliphatic heterocycles. The lowest BCUT2D eigenvalue weighted by Gasteiger charge is -2.30. The van der Waals surface area contributed by atoms with Gasteiger partial charge in [-0.05, 0) is 86.3 Å². The van der Waals surface area contributed by atoms with Gasteiger partial charge < -0.3 is 0 Å². The number of hydrogen-bond acceptors (Lipinski definition) is 0. The molecule has 4 unspecified atom stereocenters. The summed E-state index contributed by atoms with van der Waals surface area (Å²) in [4.78, 5) is 0. The van der Waals surface area contributed by atoms with Gasteiger partial charge >= 0.3 is 0 Å². The van der Waals surface area contributed by atoms with Crippen LogP contribution in [-0.2, 0) is 0 Å². The van der Waals surface area contributed by atoms with Gasteiger partial charge in [-0.25, -0.2) is 0 Å². The van der Waals surface area contributed by atoms with Gasteiger partial charge in [0.05, 0.1) is 0 Å². The molecule has 2 aliphatic rings. The minimum absolute atomic E-state index is 0.380. The Balaban J connectivity index is 1.91. The zero-order valence-electron chi connectivity index (χ0n) is 14.3. The Morgan fingerprint density at radius 1 is 0.550 bits per heavy atom. The van der Waals surface area contributed by atoms with Gasteiger partial charge in [-0.1, -0.05) is 27.7 Å². The molecule has 0 aromatic heterocycles. The maximum Gasteiger partial charge on any atom is -0.0209 e. The van der Waals surface area contributed by atoms with Crippen LogP contribution in [-0.4, -0.2) is 35.0 Å². The van der Waals surface area contributed by atoms with E-state index in [4.69, 9.17) is 0 Å². The Morgan fingerprint density at radius 3 is 1.00 bits per heavy atom. The average Bonchev–Trinajstić information content (AvgIpc) is 3.07. The maximum absolute atomic E-state index is 2.45. The first-order valence-electron chi connectivity index (χ1n) is 9.26.